The van der Waals surface area contributed by atoms with Crippen LogP contribution in [0.4, 0.5) is 0 Å². The first-order valence-electron chi connectivity index (χ1n) is 4.88. The van der Waals surface area contributed by atoms with Gasteiger partial charge < -0.3 is 9.84 Å². The van der Waals surface area contributed by atoms with E-state index in [2.05, 4.69) is 30.2 Å². The normalized spacial score (nSPS) is 17.0. The Hall–Kier alpha value is -2.18. The molecule has 1 aliphatic carbocycles. The molecule has 0 atom stereocenters. The number of aromatic amines is 1. The third kappa shape index (κ3) is 1.37. The molecule has 1 saturated carbocycles. The van der Waals surface area contributed by atoms with E-state index in [1.165, 1.54) is 12.6 Å². The average molecular weight is 219 g/mol. The van der Waals surface area contributed by atoms with Crippen LogP contribution in [0.1, 0.15) is 29.0 Å². The van der Waals surface area contributed by atoms with Crippen LogP contribution in [-0.4, -0.2) is 26.2 Å². The van der Waals surface area contributed by atoms with Gasteiger partial charge in [-0.15, -0.1) is 0 Å². The van der Waals surface area contributed by atoms with Crippen molar-refractivity contribution in [3.63, 3.8) is 0 Å². The summed E-state index contributed by atoms with van der Waals surface area (Å²) in [6.45, 7) is 0. The molecule has 0 spiro atoms. The number of nitrogens with zero attached hydrogens (tertiary/aromatic N) is 3. The first-order valence-corrected chi connectivity index (χ1v) is 4.88. The molecular weight excluding hydrogens is 210 g/mol. The Morgan fingerprint density at radius 3 is 3.00 bits per heavy atom. The van der Waals surface area contributed by atoms with Crippen molar-refractivity contribution in [3.8, 4) is 0 Å². The zero-order chi connectivity index (χ0) is 11.0. The molecule has 1 aliphatic rings. The highest BCUT2D eigenvalue weighted by atomic mass is 16.5. The van der Waals surface area contributed by atoms with Gasteiger partial charge in [-0.25, -0.2) is 0 Å². The fraction of sp³-hybridized carbons (Fsp3) is 0.333. The molecule has 2 N–H and O–H groups in total. The van der Waals surface area contributed by atoms with E-state index in [9.17, 15) is 4.79 Å². The van der Waals surface area contributed by atoms with Gasteiger partial charge in [-0.1, -0.05) is 5.16 Å². The Labute approximate surface area is 90.2 Å². The largest absolute Gasteiger partial charge is 0.343 e. The van der Waals surface area contributed by atoms with Crippen LogP contribution in [0, 0.1) is 0 Å². The van der Waals surface area contributed by atoms with Gasteiger partial charge in [0.05, 0.1) is 11.8 Å². The summed E-state index contributed by atoms with van der Waals surface area (Å²) in [5.41, 5.74) is 0.0521. The maximum atomic E-state index is 11.8. The Morgan fingerprint density at radius 1 is 1.56 bits per heavy atom. The van der Waals surface area contributed by atoms with E-state index in [0.29, 0.717) is 11.4 Å². The third-order valence-corrected chi connectivity index (χ3v) is 2.65. The highest BCUT2D eigenvalue weighted by Gasteiger charge is 2.49. The van der Waals surface area contributed by atoms with Crippen molar-refractivity contribution in [1.82, 2.24) is 25.7 Å². The number of carbonyl (C=O) groups excluding carboxylic acids is 1. The SMILES string of the molecule is O=C(NC1(c2ncon2)CC1)c1cn[nH]c1. The van der Waals surface area contributed by atoms with Crippen molar-refractivity contribution in [2.45, 2.75) is 18.4 Å². The molecule has 0 saturated heterocycles. The Morgan fingerprint density at radius 2 is 2.44 bits per heavy atom. The topological polar surface area (TPSA) is 96.7 Å². The lowest BCUT2D eigenvalue weighted by Gasteiger charge is -2.11. The first-order chi connectivity index (χ1) is 7.80. The predicted molar refractivity (Wildman–Crippen MR) is 51.3 cm³/mol. The fourth-order valence-corrected chi connectivity index (χ4v) is 1.58. The van der Waals surface area contributed by atoms with Crippen molar-refractivity contribution in [2.75, 3.05) is 0 Å². The minimum absolute atomic E-state index is 0.184. The van der Waals surface area contributed by atoms with Gasteiger partial charge >= 0.3 is 0 Å². The van der Waals surface area contributed by atoms with Gasteiger partial charge in [0, 0.05) is 6.20 Å². The molecule has 7 nitrogen and oxygen atoms in total. The zero-order valence-corrected chi connectivity index (χ0v) is 8.30. The van der Waals surface area contributed by atoms with Crippen molar-refractivity contribution in [1.29, 1.82) is 0 Å². The Kier molecular flexibility index (Phi) is 1.79. The molecule has 0 aromatic carbocycles. The van der Waals surface area contributed by atoms with Crippen LogP contribution in [0.5, 0.6) is 0 Å². The molecule has 82 valence electrons. The van der Waals surface area contributed by atoms with Crippen molar-refractivity contribution in [2.24, 2.45) is 0 Å². The molecule has 7 heteroatoms. The Bertz CT molecular complexity index is 486. The summed E-state index contributed by atoms with van der Waals surface area (Å²) in [4.78, 5) is 15.8. The smallest absolute Gasteiger partial charge is 0.255 e. The second-order valence-electron chi connectivity index (χ2n) is 3.78. The lowest BCUT2D eigenvalue weighted by atomic mass is 10.2. The summed E-state index contributed by atoms with van der Waals surface area (Å²) >= 11 is 0. The van der Waals surface area contributed by atoms with E-state index in [1.807, 2.05) is 0 Å². The minimum atomic E-state index is -0.443. The molecule has 2 heterocycles. The second kappa shape index (κ2) is 3.16. The number of H-pyrrole nitrogens is 1. The van der Waals surface area contributed by atoms with Gasteiger partial charge in [-0.2, -0.15) is 10.1 Å². The van der Waals surface area contributed by atoms with Crippen LogP contribution in [0.25, 0.3) is 0 Å². The van der Waals surface area contributed by atoms with Crippen LogP contribution in [0.2, 0.25) is 0 Å². The van der Waals surface area contributed by atoms with Gasteiger partial charge in [0.15, 0.2) is 5.82 Å². The lowest BCUT2D eigenvalue weighted by molar-refractivity contribution is 0.0928. The van der Waals surface area contributed by atoms with Gasteiger partial charge in [-0.3, -0.25) is 9.89 Å². The molecule has 0 radical (unpaired) electrons. The van der Waals surface area contributed by atoms with Crippen LogP contribution < -0.4 is 5.32 Å². The van der Waals surface area contributed by atoms with Crippen LogP contribution in [0.3, 0.4) is 0 Å². The molecule has 16 heavy (non-hydrogen) atoms. The van der Waals surface area contributed by atoms with Crippen molar-refractivity contribution >= 4 is 5.91 Å². The molecule has 2 aromatic heterocycles. The number of hydrogen-bond acceptors (Lipinski definition) is 5. The molecule has 0 bridgehead atoms. The summed E-state index contributed by atoms with van der Waals surface area (Å²) in [6, 6.07) is 0. The van der Waals surface area contributed by atoms with Gasteiger partial charge in [0.25, 0.3) is 5.91 Å². The zero-order valence-electron chi connectivity index (χ0n) is 8.30. The van der Waals surface area contributed by atoms with Crippen LogP contribution >= 0.6 is 0 Å². The summed E-state index contributed by atoms with van der Waals surface area (Å²) in [5, 5.41) is 13.0. The molecule has 0 aliphatic heterocycles. The minimum Gasteiger partial charge on any atom is -0.343 e. The molecule has 2 aromatic rings. The molecular formula is C9H9N5O2. The van der Waals surface area contributed by atoms with Crippen LogP contribution in [0.15, 0.2) is 23.3 Å². The maximum absolute atomic E-state index is 11.8. The number of hydrogen-bond donors (Lipinski definition) is 2. The third-order valence-electron chi connectivity index (χ3n) is 2.65. The second-order valence-corrected chi connectivity index (χ2v) is 3.78. The van der Waals surface area contributed by atoms with E-state index in [1.54, 1.807) is 6.20 Å². The summed E-state index contributed by atoms with van der Waals surface area (Å²) in [7, 11) is 0. The van der Waals surface area contributed by atoms with E-state index < -0.39 is 5.54 Å². The Balaban J connectivity index is 1.78. The van der Waals surface area contributed by atoms with Crippen molar-refractivity contribution < 1.29 is 9.32 Å². The number of carbonyl (C=O) groups is 1. The molecule has 1 amide bonds. The van der Waals surface area contributed by atoms with E-state index >= 15 is 0 Å². The first kappa shape index (κ1) is 9.08. The number of amides is 1. The summed E-state index contributed by atoms with van der Waals surface area (Å²) < 4.78 is 4.68. The van der Waals surface area contributed by atoms with Gasteiger partial charge in [0.2, 0.25) is 6.39 Å². The van der Waals surface area contributed by atoms with Crippen LogP contribution in [-0.2, 0) is 5.54 Å². The molecule has 3 rings (SSSR count). The standard InChI is InChI=1S/C9H9N5O2/c15-7(6-3-11-12-4-6)13-9(1-2-9)8-10-5-16-14-8/h3-5H,1-2H2,(H,11,12)(H,13,15). The number of nitrogens with one attached hydrogen (secondary N) is 2. The lowest BCUT2D eigenvalue weighted by Crippen LogP contribution is -2.35. The highest BCUT2D eigenvalue weighted by molar-refractivity contribution is 5.94. The number of rotatable bonds is 3. The molecule has 1 fully saturated rings. The number of aromatic nitrogens is 4. The van der Waals surface area contributed by atoms with Crippen molar-refractivity contribution in [3.05, 3.63) is 30.2 Å². The predicted octanol–water partition coefficient (Wildman–Crippen LogP) is 0.212. The van der Waals surface area contributed by atoms with Gasteiger partial charge in [-0.05, 0) is 12.8 Å². The highest BCUT2D eigenvalue weighted by Crippen LogP contribution is 2.43. The average Bonchev–Trinajstić information content (AvgIpc) is 2.85. The summed E-state index contributed by atoms with van der Waals surface area (Å²) in [5.74, 6) is 0.348. The van der Waals surface area contributed by atoms with Gasteiger partial charge in [0.1, 0.15) is 5.54 Å². The van der Waals surface area contributed by atoms with E-state index in [-0.39, 0.29) is 5.91 Å². The van der Waals surface area contributed by atoms with E-state index in [0.717, 1.165) is 12.8 Å². The van der Waals surface area contributed by atoms with E-state index in [4.69, 9.17) is 0 Å². The molecule has 0 unspecified atom stereocenters. The summed E-state index contributed by atoms with van der Waals surface area (Å²) in [6.07, 6.45) is 5.94. The fourth-order valence-electron chi connectivity index (χ4n) is 1.58. The maximum Gasteiger partial charge on any atom is 0.255 e. The quantitative estimate of drug-likeness (QED) is 0.769. The monoisotopic (exact) mass is 219 g/mol.